The molecule has 21 heavy (non-hydrogen) atoms. The van der Waals surface area contributed by atoms with Gasteiger partial charge in [0, 0.05) is 6.21 Å². The molecular weight excluding hydrogens is 299 g/mol. The molecule has 0 fully saturated rings. The molecule has 0 spiro atoms. The van der Waals surface area contributed by atoms with Crippen molar-refractivity contribution in [2.24, 2.45) is 4.99 Å². The number of rotatable bonds is 3. The Morgan fingerprint density at radius 2 is 1.86 bits per heavy atom. The molecule has 0 aliphatic rings. The molecular formula is C17H15N2OV-. The molecule has 0 aliphatic carbocycles. The van der Waals surface area contributed by atoms with Crippen molar-refractivity contribution in [1.82, 2.24) is 4.98 Å². The molecule has 0 saturated heterocycles. The van der Waals surface area contributed by atoms with Crippen molar-refractivity contribution < 1.29 is 21.0 Å². The van der Waals surface area contributed by atoms with Gasteiger partial charge < -0.3 is 4.98 Å². The minimum absolute atomic E-state index is 0.960. The van der Waals surface area contributed by atoms with Gasteiger partial charge in [-0.05, 0) is 23.1 Å². The van der Waals surface area contributed by atoms with Gasteiger partial charge in [-0.15, -0.1) is 5.52 Å². The standard InChI is InChI=1S/C17H15N2.O.V/c1-2-15-11-13-7-6-8-14(17(13)19-15)12-18-16-9-4-3-5-10-16;;/h3-12H,2H2,1H3;;/q-1;;. The van der Waals surface area contributed by atoms with Crippen LogP contribution in [0.5, 0.6) is 0 Å². The topological polar surface area (TPSA) is 43.5 Å². The second kappa shape index (κ2) is 7.72. The van der Waals surface area contributed by atoms with Gasteiger partial charge >= 0.3 is 21.0 Å². The summed E-state index contributed by atoms with van der Waals surface area (Å²) in [5.41, 5.74) is 4.21. The van der Waals surface area contributed by atoms with Crippen molar-refractivity contribution in [2.45, 2.75) is 13.3 Å². The second-order valence-corrected chi connectivity index (χ2v) is 4.48. The number of nitrogens with zero attached hydrogens (tertiary/aromatic N) is 2. The van der Waals surface area contributed by atoms with E-state index in [2.05, 4.69) is 41.2 Å². The Hall–Kier alpha value is -1.97. The van der Waals surface area contributed by atoms with Crippen LogP contribution in [0.25, 0.3) is 10.9 Å². The molecule has 0 saturated carbocycles. The van der Waals surface area contributed by atoms with E-state index >= 15 is 0 Å². The zero-order chi connectivity index (χ0) is 15.1. The minimum atomic E-state index is 0.960. The summed E-state index contributed by atoms with van der Waals surface area (Å²) in [6, 6.07) is 18.3. The van der Waals surface area contributed by atoms with Gasteiger partial charge in [-0.2, -0.15) is 5.69 Å². The van der Waals surface area contributed by atoms with E-state index in [4.69, 9.17) is 3.67 Å². The first kappa shape index (κ1) is 15.4. The molecule has 0 aliphatic heterocycles. The van der Waals surface area contributed by atoms with Gasteiger partial charge in [0.2, 0.25) is 0 Å². The molecule has 4 heteroatoms. The van der Waals surface area contributed by atoms with E-state index in [1.54, 1.807) is 0 Å². The Bertz CT molecular complexity index is 735. The second-order valence-electron chi connectivity index (χ2n) is 4.48. The third-order valence-electron chi connectivity index (χ3n) is 3.15. The fraction of sp³-hybridized carbons (Fsp3) is 0.118. The van der Waals surface area contributed by atoms with Crippen LogP contribution < -0.4 is 4.98 Å². The summed E-state index contributed by atoms with van der Waals surface area (Å²) < 4.78 is 8.19. The Morgan fingerprint density at radius 3 is 2.57 bits per heavy atom. The molecule has 105 valence electrons. The van der Waals surface area contributed by atoms with Gasteiger partial charge in [0.15, 0.2) is 0 Å². The van der Waals surface area contributed by atoms with Crippen LogP contribution in [-0.2, 0) is 27.5 Å². The summed E-state index contributed by atoms with van der Waals surface area (Å²) in [6.07, 6.45) is 2.86. The molecule has 0 atom stereocenters. The fourth-order valence-corrected chi connectivity index (χ4v) is 2.12. The number of hydrogen-bond donors (Lipinski definition) is 0. The number of aliphatic imine (C=N–C) groups is 1. The third-order valence-corrected chi connectivity index (χ3v) is 3.15. The summed E-state index contributed by atoms with van der Waals surface area (Å²) in [7, 11) is 0. The van der Waals surface area contributed by atoms with Crippen molar-refractivity contribution in [3.8, 4) is 0 Å². The first-order valence-electron chi connectivity index (χ1n) is 6.69. The average Bonchev–Trinajstić information content (AvgIpc) is 2.99. The maximum absolute atomic E-state index is 8.19. The Labute approximate surface area is 133 Å². The molecule has 3 aromatic rings. The Kier molecular flexibility index (Phi) is 5.67. The third kappa shape index (κ3) is 3.78. The molecule has 0 unspecified atom stereocenters. The summed E-state index contributed by atoms with van der Waals surface area (Å²) in [5.74, 6) is 0. The van der Waals surface area contributed by atoms with Crippen LogP contribution in [0.15, 0.2) is 59.6 Å². The molecule has 2 aromatic carbocycles. The van der Waals surface area contributed by atoms with Crippen LogP contribution in [0, 0.1) is 0 Å². The van der Waals surface area contributed by atoms with Crippen LogP contribution in [0.4, 0.5) is 5.69 Å². The van der Waals surface area contributed by atoms with E-state index in [1.807, 2.05) is 36.5 Å². The maximum atomic E-state index is 8.19. The van der Waals surface area contributed by atoms with E-state index in [0.717, 1.165) is 46.3 Å². The predicted octanol–water partition coefficient (Wildman–Crippen LogP) is 3.99. The molecule has 0 radical (unpaired) electrons. The van der Waals surface area contributed by atoms with E-state index < -0.39 is 0 Å². The Balaban J connectivity index is 0.000000774. The van der Waals surface area contributed by atoms with Crippen molar-refractivity contribution in [2.75, 3.05) is 0 Å². The van der Waals surface area contributed by atoms with Gasteiger partial charge in [0.05, 0.1) is 5.69 Å². The monoisotopic (exact) mass is 314 g/mol. The fourth-order valence-electron chi connectivity index (χ4n) is 2.12. The van der Waals surface area contributed by atoms with Crippen LogP contribution in [0.1, 0.15) is 18.2 Å². The molecule has 1 heterocycles. The predicted molar refractivity (Wildman–Crippen MR) is 81.0 cm³/mol. The summed E-state index contributed by atoms with van der Waals surface area (Å²) in [4.78, 5) is 9.15. The van der Waals surface area contributed by atoms with Gasteiger partial charge in [0.25, 0.3) is 0 Å². The van der Waals surface area contributed by atoms with Gasteiger partial charge in [0.1, 0.15) is 0 Å². The molecule has 0 N–H and O–H groups in total. The summed E-state index contributed by atoms with van der Waals surface area (Å²) in [5, 5.41) is 1.19. The van der Waals surface area contributed by atoms with Crippen molar-refractivity contribution in [1.29, 1.82) is 0 Å². The number of hydrogen-bond acceptors (Lipinski definition) is 2. The number of benzene rings is 2. The first-order valence-corrected chi connectivity index (χ1v) is 7.26. The van der Waals surface area contributed by atoms with Crippen LogP contribution in [-0.4, -0.2) is 6.21 Å². The van der Waals surface area contributed by atoms with E-state index in [1.165, 1.54) is 5.39 Å². The number of para-hydroxylation sites is 2. The normalized spacial score (nSPS) is 10.5. The van der Waals surface area contributed by atoms with Crippen LogP contribution in [0.3, 0.4) is 0 Å². The SMILES string of the molecule is CCc1cc2cccc(C=Nc3ccccc3)c2[n-]1.[O]=[V]. The zero-order valence-corrected chi connectivity index (χ0v) is 13.1. The quantitative estimate of drug-likeness (QED) is 0.686. The van der Waals surface area contributed by atoms with Gasteiger partial charge in [-0.1, -0.05) is 55.8 Å². The average molecular weight is 314 g/mol. The van der Waals surface area contributed by atoms with Gasteiger partial charge in [-0.3, -0.25) is 4.99 Å². The van der Waals surface area contributed by atoms with E-state index in [0.29, 0.717) is 0 Å². The van der Waals surface area contributed by atoms with Crippen LogP contribution >= 0.6 is 0 Å². The van der Waals surface area contributed by atoms with Crippen molar-refractivity contribution in [3.63, 3.8) is 0 Å². The summed E-state index contributed by atoms with van der Waals surface area (Å²) >= 11 is 1.06. The van der Waals surface area contributed by atoms with Crippen LogP contribution in [0.2, 0.25) is 0 Å². The van der Waals surface area contributed by atoms with Crippen molar-refractivity contribution in [3.05, 3.63) is 65.9 Å². The van der Waals surface area contributed by atoms with E-state index in [-0.39, 0.29) is 0 Å². The molecule has 3 nitrogen and oxygen atoms in total. The number of aryl methyl sites for hydroxylation is 1. The molecule has 0 amide bonds. The number of fused-ring (bicyclic) bond motifs is 1. The first-order chi connectivity index (χ1) is 10.4. The van der Waals surface area contributed by atoms with E-state index in [9.17, 15) is 0 Å². The Morgan fingerprint density at radius 1 is 1.10 bits per heavy atom. The number of aromatic nitrogens is 1. The van der Waals surface area contributed by atoms with Crippen molar-refractivity contribution >= 4 is 22.8 Å². The summed E-state index contributed by atoms with van der Waals surface area (Å²) in [6.45, 7) is 2.12. The zero-order valence-electron chi connectivity index (χ0n) is 11.7. The van der Waals surface area contributed by atoms with Gasteiger partial charge in [-0.25, -0.2) is 0 Å². The molecule has 3 rings (SSSR count). The molecule has 0 bridgehead atoms. The molecule has 1 aromatic heterocycles.